The number of nitrogens with zero attached hydrogens (tertiary/aromatic N) is 1. The molecule has 4 rings (SSSR count). The summed E-state index contributed by atoms with van der Waals surface area (Å²) in [7, 11) is -2.37. The molecule has 1 aliphatic rings. The molecule has 0 radical (unpaired) electrons. The lowest BCUT2D eigenvalue weighted by Crippen LogP contribution is -2.38. The van der Waals surface area contributed by atoms with Crippen LogP contribution in [0.15, 0.2) is 88.8 Å². The highest BCUT2D eigenvalue weighted by Crippen LogP contribution is 2.34. The monoisotopic (exact) mass is 586 g/mol. The number of rotatable bonds is 14. The summed E-state index contributed by atoms with van der Waals surface area (Å²) in [6, 6.07) is 19.9. The predicted octanol–water partition coefficient (Wildman–Crippen LogP) is 3.53. The van der Waals surface area contributed by atoms with Gasteiger partial charge < -0.3 is 24.6 Å². The number of hydrogen-bond acceptors (Lipinski definition) is 8. The molecule has 2 N–H and O–H groups in total. The molecule has 1 aliphatic heterocycles. The van der Waals surface area contributed by atoms with E-state index in [-0.39, 0.29) is 48.8 Å². The minimum atomic E-state index is -3.87. The first kappa shape index (κ1) is 29.8. The van der Waals surface area contributed by atoms with E-state index in [4.69, 9.17) is 14.2 Å². The Morgan fingerprint density at radius 2 is 1.88 bits per heavy atom. The predicted molar refractivity (Wildman–Crippen MR) is 153 cm³/mol. The maximum Gasteiger partial charge on any atom is 0.286 e. The van der Waals surface area contributed by atoms with Crippen LogP contribution in [0.1, 0.15) is 22.8 Å². The first-order valence-electron chi connectivity index (χ1n) is 13.0. The van der Waals surface area contributed by atoms with Gasteiger partial charge in [0, 0.05) is 36.9 Å². The van der Waals surface area contributed by atoms with E-state index in [2.05, 4.69) is 5.32 Å². The number of carbonyl (C=O) groups excluding carboxylic acids is 1. The molecule has 214 valence electrons. The number of aliphatic hydroxyl groups is 1. The summed E-state index contributed by atoms with van der Waals surface area (Å²) in [5, 5.41) is 14.4. The highest BCUT2D eigenvalue weighted by Gasteiger charge is 2.30. The van der Waals surface area contributed by atoms with E-state index in [0.29, 0.717) is 25.1 Å². The van der Waals surface area contributed by atoms with E-state index in [1.165, 1.54) is 23.5 Å². The zero-order valence-electron chi connectivity index (χ0n) is 22.3. The molecule has 9 nitrogen and oxygen atoms in total. The van der Waals surface area contributed by atoms with Crippen molar-refractivity contribution in [2.24, 2.45) is 0 Å². The van der Waals surface area contributed by atoms with Gasteiger partial charge in [0.2, 0.25) is 16.3 Å². The van der Waals surface area contributed by atoms with Crippen LogP contribution in [-0.2, 0) is 30.7 Å². The Balaban J connectivity index is 1.38. The van der Waals surface area contributed by atoms with Gasteiger partial charge in [-0.25, -0.2) is 8.42 Å². The molecule has 2 aromatic carbocycles. The van der Waals surface area contributed by atoms with Crippen LogP contribution in [0.4, 0.5) is 0 Å². The fraction of sp³-hybridized carbons (Fsp3) is 0.345. The van der Waals surface area contributed by atoms with E-state index in [1.807, 2.05) is 53.9 Å². The quantitative estimate of drug-likeness (QED) is 0.297. The van der Waals surface area contributed by atoms with Gasteiger partial charge in [0.05, 0.1) is 25.2 Å². The van der Waals surface area contributed by atoms with E-state index in [0.717, 1.165) is 10.4 Å². The number of carbonyl (C=O) groups is 1. The minimum Gasteiger partial charge on any atom is -0.497 e. The number of sulfonamides is 1. The van der Waals surface area contributed by atoms with Crippen molar-refractivity contribution in [1.29, 1.82) is 0 Å². The molecular weight excluding hydrogens is 552 g/mol. The summed E-state index contributed by atoms with van der Waals surface area (Å²) < 4.78 is 44.5. The van der Waals surface area contributed by atoms with Crippen LogP contribution in [0.3, 0.4) is 0 Å². The molecule has 0 aliphatic carbocycles. The van der Waals surface area contributed by atoms with Crippen LogP contribution in [0.5, 0.6) is 5.75 Å². The number of nitrogens with one attached hydrogen (secondary N) is 1. The number of hydrogen-bond donors (Lipinski definition) is 2. The first-order chi connectivity index (χ1) is 19.4. The van der Waals surface area contributed by atoms with Gasteiger partial charge in [-0.15, -0.1) is 11.3 Å². The van der Waals surface area contributed by atoms with Crippen molar-refractivity contribution in [3.63, 3.8) is 0 Å². The lowest BCUT2D eigenvalue weighted by atomic mass is 9.99. The van der Waals surface area contributed by atoms with E-state index >= 15 is 0 Å². The lowest BCUT2D eigenvalue weighted by molar-refractivity contribution is -0.146. The molecule has 0 saturated carbocycles. The molecule has 1 amide bonds. The maximum atomic E-state index is 13.2. The molecular formula is C29H34N2O7S2. The van der Waals surface area contributed by atoms with Gasteiger partial charge >= 0.3 is 0 Å². The van der Waals surface area contributed by atoms with Crippen LogP contribution in [0.25, 0.3) is 0 Å². The summed E-state index contributed by atoms with van der Waals surface area (Å²) in [5.41, 5.74) is 1.12. The molecule has 2 heterocycles. The number of ether oxygens (including phenoxy) is 3. The average Bonchev–Trinajstić information content (AvgIpc) is 3.52. The number of allylic oxidation sites excluding steroid dienone is 1. The largest absolute Gasteiger partial charge is 0.497 e. The molecule has 2 atom stereocenters. The van der Waals surface area contributed by atoms with Crippen molar-refractivity contribution in [3.8, 4) is 5.75 Å². The SMILES string of the molecule is COc1ccc(S(=O)(=O)N(CCO)CCO[C@H]2C[C@@H](c3cccs3)C=C(C(=O)NCCc3ccccc3)O2)cc1. The first-order valence-corrected chi connectivity index (χ1v) is 15.3. The fourth-order valence-electron chi connectivity index (χ4n) is 4.32. The summed E-state index contributed by atoms with van der Waals surface area (Å²) in [5.74, 6) is 0.319. The second-order valence-corrected chi connectivity index (χ2v) is 12.0. The third kappa shape index (κ3) is 7.92. The lowest BCUT2D eigenvalue weighted by Gasteiger charge is -2.29. The highest BCUT2D eigenvalue weighted by atomic mass is 32.2. The normalized spacial score (nSPS) is 17.2. The number of aliphatic hydroxyl groups excluding tert-OH is 1. The van der Waals surface area contributed by atoms with Crippen molar-refractivity contribution >= 4 is 27.3 Å². The van der Waals surface area contributed by atoms with Gasteiger partial charge in [-0.1, -0.05) is 36.4 Å². The van der Waals surface area contributed by atoms with Crippen molar-refractivity contribution in [2.45, 2.75) is 29.9 Å². The van der Waals surface area contributed by atoms with Crippen molar-refractivity contribution in [2.75, 3.05) is 40.0 Å². The number of benzene rings is 2. The minimum absolute atomic E-state index is 0.000765. The van der Waals surface area contributed by atoms with E-state index in [1.54, 1.807) is 23.5 Å². The Morgan fingerprint density at radius 1 is 1.10 bits per heavy atom. The zero-order chi connectivity index (χ0) is 28.4. The fourth-order valence-corrected chi connectivity index (χ4v) is 6.54. The van der Waals surface area contributed by atoms with Crippen LogP contribution < -0.4 is 10.1 Å². The van der Waals surface area contributed by atoms with Gasteiger partial charge in [0.1, 0.15) is 5.75 Å². The summed E-state index contributed by atoms with van der Waals surface area (Å²) in [6.45, 7) is 0.0425. The van der Waals surface area contributed by atoms with Crippen molar-refractivity contribution < 1.29 is 32.5 Å². The smallest absolute Gasteiger partial charge is 0.286 e. The Labute approximate surface area is 239 Å². The number of thiophene rings is 1. The Kier molecular flexibility index (Phi) is 10.7. The van der Waals surface area contributed by atoms with Crippen LogP contribution >= 0.6 is 11.3 Å². The van der Waals surface area contributed by atoms with Gasteiger partial charge in [-0.3, -0.25) is 4.79 Å². The van der Waals surface area contributed by atoms with Crippen LogP contribution in [0.2, 0.25) is 0 Å². The topological polar surface area (TPSA) is 114 Å². The molecule has 1 aromatic heterocycles. The maximum absolute atomic E-state index is 13.2. The van der Waals surface area contributed by atoms with Crippen molar-refractivity contribution in [3.05, 3.63) is 94.4 Å². The molecule has 0 fully saturated rings. The second kappa shape index (κ2) is 14.4. The average molecular weight is 587 g/mol. The third-order valence-corrected chi connectivity index (χ3v) is 9.34. The zero-order valence-corrected chi connectivity index (χ0v) is 23.9. The van der Waals surface area contributed by atoms with Gasteiger partial charge in [0.25, 0.3) is 5.91 Å². The van der Waals surface area contributed by atoms with Crippen molar-refractivity contribution in [1.82, 2.24) is 9.62 Å². The Morgan fingerprint density at radius 3 is 2.55 bits per heavy atom. The Bertz CT molecular complexity index is 1340. The van der Waals surface area contributed by atoms with Crippen LogP contribution in [0, 0.1) is 0 Å². The molecule has 40 heavy (non-hydrogen) atoms. The summed E-state index contributed by atoms with van der Waals surface area (Å²) >= 11 is 1.59. The van der Waals surface area contributed by atoms with Gasteiger partial charge in [-0.05, 0) is 53.8 Å². The Hall–Kier alpha value is -3.22. The number of amides is 1. The molecule has 0 bridgehead atoms. The summed E-state index contributed by atoms with van der Waals surface area (Å²) in [6.07, 6.45) is 2.24. The molecule has 0 spiro atoms. The third-order valence-electron chi connectivity index (χ3n) is 6.42. The molecule has 0 unspecified atom stereocenters. The number of methoxy groups -OCH3 is 1. The molecule has 3 aromatic rings. The van der Waals surface area contributed by atoms with Gasteiger partial charge in [-0.2, -0.15) is 4.31 Å². The van der Waals surface area contributed by atoms with Crippen LogP contribution in [-0.4, -0.2) is 70.0 Å². The highest BCUT2D eigenvalue weighted by molar-refractivity contribution is 7.89. The van der Waals surface area contributed by atoms with E-state index < -0.39 is 16.3 Å². The molecule has 11 heteroatoms. The molecule has 0 saturated heterocycles. The standard InChI is InChI=1S/C29H34N2O7S2/c1-36-24-9-11-25(12-10-24)40(34,35)31(15-17-32)16-18-37-28-21-23(27-8-5-19-39-27)20-26(38-28)29(33)30-14-13-22-6-3-2-4-7-22/h2-12,19-20,23,28,32H,13-18,21H2,1H3,(H,30,33)/t23-,28+/m0/s1. The van der Waals surface area contributed by atoms with Gasteiger partial charge in [0.15, 0.2) is 5.76 Å². The second-order valence-electron chi connectivity index (χ2n) is 9.10. The summed E-state index contributed by atoms with van der Waals surface area (Å²) in [4.78, 5) is 14.1. The van der Waals surface area contributed by atoms with E-state index in [9.17, 15) is 18.3 Å².